The predicted molar refractivity (Wildman–Crippen MR) is 183 cm³/mol. The van der Waals surface area contributed by atoms with Gasteiger partial charge >= 0.3 is 0 Å². The molecule has 2 aromatic carbocycles. The van der Waals surface area contributed by atoms with E-state index in [4.69, 9.17) is 4.98 Å². The number of likely N-dealkylation sites (tertiary alicyclic amines) is 1. The Balaban J connectivity index is 1.28. The van der Waals surface area contributed by atoms with Crippen molar-refractivity contribution in [1.82, 2.24) is 29.4 Å². The Hall–Kier alpha value is -4.78. The van der Waals surface area contributed by atoms with Gasteiger partial charge in [0.25, 0.3) is 5.56 Å². The van der Waals surface area contributed by atoms with Crippen LogP contribution in [-0.2, 0) is 17.3 Å². The maximum atomic E-state index is 14.3. The molecule has 5 heterocycles. The van der Waals surface area contributed by atoms with E-state index >= 15 is 0 Å². The van der Waals surface area contributed by atoms with Gasteiger partial charge in [-0.2, -0.15) is 4.98 Å². The summed E-state index contributed by atoms with van der Waals surface area (Å²) in [5.41, 5.74) is 4.35. The number of benzene rings is 2. The maximum absolute atomic E-state index is 14.3. The fourth-order valence-corrected chi connectivity index (χ4v) is 7.87. The fourth-order valence-electron chi connectivity index (χ4n) is 5.84. The lowest BCUT2D eigenvalue weighted by Gasteiger charge is -2.21. The van der Waals surface area contributed by atoms with Crippen LogP contribution in [0.2, 0.25) is 0 Å². The number of nitrogens with zero attached hydrogens (tertiary/aromatic N) is 7. The van der Waals surface area contributed by atoms with Gasteiger partial charge < -0.3 is 15.1 Å². The first-order valence-electron chi connectivity index (χ1n) is 14.9. The van der Waals surface area contributed by atoms with Crippen molar-refractivity contribution in [1.29, 1.82) is 0 Å². The first-order chi connectivity index (χ1) is 22.4. The minimum Gasteiger partial charge on any atom is -0.340 e. The van der Waals surface area contributed by atoms with E-state index in [1.807, 2.05) is 60.5 Å². The minimum absolute atomic E-state index is 0.104. The molecule has 2 atom stereocenters. The van der Waals surface area contributed by atoms with Crippen molar-refractivity contribution >= 4 is 56.2 Å². The molecule has 0 bridgehead atoms. The Morgan fingerprint density at radius 2 is 1.87 bits per heavy atom. The van der Waals surface area contributed by atoms with E-state index < -0.39 is 10.8 Å². The number of nitrogens with one attached hydrogen (secondary N) is 1. The highest BCUT2D eigenvalue weighted by molar-refractivity contribution is 7.87. The number of likely N-dealkylation sites (N-methyl/N-ethyl adjacent to an activating group) is 1. The molecule has 0 aliphatic carbocycles. The number of thiazole rings is 1. The standard InChI is InChI=1S/C34H32N8O2S2/c1-40-16-13-24(21-40)23-8-10-27(11-9-23)38-33-37-20-25-18-29(41(2)28-6-4-3-5-7-28)32(43)42(31(25)39-33)22-26-19-35-14-12-30(26)46(44)34-36-15-17-45-34/h3-12,14-15,17-20,24H,13,16,21-22H2,1-2H3,(H,37,38,39). The van der Waals surface area contributed by atoms with Gasteiger partial charge in [0.2, 0.25) is 5.95 Å². The zero-order chi connectivity index (χ0) is 31.6. The largest absolute Gasteiger partial charge is 0.340 e. The third kappa shape index (κ3) is 6.06. The molecular weight excluding hydrogens is 617 g/mol. The minimum atomic E-state index is -1.53. The molecule has 0 saturated carbocycles. The Morgan fingerprint density at radius 1 is 1.04 bits per heavy atom. The molecule has 4 aromatic heterocycles. The molecule has 1 fully saturated rings. The van der Waals surface area contributed by atoms with Crippen molar-refractivity contribution in [3.05, 3.63) is 118 Å². The van der Waals surface area contributed by atoms with Gasteiger partial charge in [-0.1, -0.05) is 30.3 Å². The second-order valence-electron chi connectivity index (χ2n) is 11.3. The molecular formula is C34H32N8O2S2. The van der Waals surface area contributed by atoms with E-state index in [-0.39, 0.29) is 12.1 Å². The summed E-state index contributed by atoms with van der Waals surface area (Å²) in [6.45, 7) is 2.28. The summed E-state index contributed by atoms with van der Waals surface area (Å²) >= 11 is 1.32. The summed E-state index contributed by atoms with van der Waals surface area (Å²) in [7, 11) is 2.49. The van der Waals surface area contributed by atoms with E-state index in [1.54, 1.807) is 40.8 Å². The number of hydrogen-bond donors (Lipinski definition) is 1. The van der Waals surface area contributed by atoms with Crippen molar-refractivity contribution in [3.8, 4) is 0 Å². The Bertz CT molecular complexity index is 2070. The Kier molecular flexibility index (Phi) is 8.39. The molecule has 0 radical (unpaired) electrons. The lowest BCUT2D eigenvalue weighted by molar-refractivity contribution is 0.411. The molecule has 1 N–H and O–H groups in total. The Labute approximate surface area is 272 Å². The third-order valence-electron chi connectivity index (χ3n) is 8.30. The highest BCUT2D eigenvalue weighted by Gasteiger charge is 2.22. The van der Waals surface area contributed by atoms with Crippen molar-refractivity contribution in [2.75, 3.05) is 37.4 Å². The lowest BCUT2D eigenvalue weighted by atomic mass is 9.98. The molecule has 6 aromatic rings. The van der Waals surface area contributed by atoms with Crippen LogP contribution >= 0.6 is 11.3 Å². The number of rotatable bonds is 9. The summed E-state index contributed by atoms with van der Waals surface area (Å²) in [5.74, 6) is 0.909. The van der Waals surface area contributed by atoms with Gasteiger partial charge in [-0.05, 0) is 67.9 Å². The summed E-state index contributed by atoms with van der Waals surface area (Å²) < 4.78 is 15.6. The molecule has 232 valence electrons. The zero-order valence-corrected chi connectivity index (χ0v) is 27.0. The van der Waals surface area contributed by atoms with Crippen molar-refractivity contribution < 1.29 is 4.21 Å². The van der Waals surface area contributed by atoms with Crippen LogP contribution in [0.5, 0.6) is 0 Å². The molecule has 7 rings (SSSR count). The summed E-state index contributed by atoms with van der Waals surface area (Å²) in [6.07, 6.45) is 7.77. The van der Waals surface area contributed by atoms with Crippen LogP contribution in [0, 0.1) is 0 Å². The van der Waals surface area contributed by atoms with Gasteiger partial charge in [0.1, 0.15) is 22.1 Å². The number of hydrogen-bond acceptors (Lipinski definition) is 10. The molecule has 0 spiro atoms. The van der Waals surface area contributed by atoms with Gasteiger partial charge in [0.05, 0.1) is 11.4 Å². The topological polar surface area (TPSA) is 109 Å². The number of anilines is 4. The maximum Gasteiger partial charge on any atom is 0.276 e. The molecule has 46 heavy (non-hydrogen) atoms. The first kappa shape index (κ1) is 29.9. The molecule has 10 nitrogen and oxygen atoms in total. The summed E-state index contributed by atoms with van der Waals surface area (Å²) in [6, 6.07) is 21.6. The lowest BCUT2D eigenvalue weighted by Crippen LogP contribution is -2.28. The quantitative estimate of drug-likeness (QED) is 0.208. The van der Waals surface area contributed by atoms with E-state index in [0.717, 1.165) is 30.9 Å². The monoisotopic (exact) mass is 648 g/mol. The molecule has 0 amide bonds. The molecule has 2 unspecified atom stereocenters. The highest BCUT2D eigenvalue weighted by Crippen LogP contribution is 2.29. The van der Waals surface area contributed by atoms with Crippen LogP contribution in [0.1, 0.15) is 23.5 Å². The highest BCUT2D eigenvalue weighted by atomic mass is 32.2. The van der Waals surface area contributed by atoms with Gasteiger partial charge in [0.15, 0.2) is 4.34 Å². The molecule has 12 heteroatoms. The number of aromatic nitrogens is 5. The van der Waals surface area contributed by atoms with Crippen molar-refractivity contribution in [2.24, 2.45) is 0 Å². The van der Waals surface area contributed by atoms with Gasteiger partial charge in [-0.3, -0.25) is 14.3 Å². The first-order valence-corrected chi connectivity index (χ1v) is 17.0. The summed E-state index contributed by atoms with van der Waals surface area (Å²) in [5, 5.41) is 5.80. The summed E-state index contributed by atoms with van der Waals surface area (Å²) in [4.78, 5) is 37.1. The van der Waals surface area contributed by atoms with Crippen LogP contribution in [0.3, 0.4) is 0 Å². The van der Waals surface area contributed by atoms with Crippen LogP contribution < -0.4 is 15.8 Å². The van der Waals surface area contributed by atoms with E-state index in [9.17, 15) is 9.00 Å². The average molecular weight is 649 g/mol. The smallest absolute Gasteiger partial charge is 0.276 e. The van der Waals surface area contributed by atoms with Crippen molar-refractivity contribution in [2.45, 2.75) is 28.1 Å². The third-order valence-corrected chi connectivity index (χ3v) is 10.8. The van der Waals surface area contributed by atoms with Crippen LogP contribution in [0.25, 0.3) is 11.0 Å². The molecule has 1 aliphatic heterocycles. The van der Waals surface area contributed by atoms with Crippen LogP contribution in [-0.4, -0.2) is 60.8 Å². The number of para-hydroxylation sites is 1. The van der Waals surface area contributed by atoms with E-state index in [1.165, 1.54) is 16.9 Å². The van der Waals surface area contributed by atoms with Crippen molar-refractivity contribution in [3.63, 3.8) is 0 Å². The second-order valence-corrected chi connectivity index (χ2v) is 13.8. The van der Waals surface area contributed by atoms with Gasteiger partial charge in [-0.25, -0.2) is 14.2 Å². The predicted octanol–water partition coefficient (Wildman–Crippen LogP) is 5.79. The number of pyridine rings is 2. The average Bonchev–Trinajstić information content (AvgIpc) is 3.79. The van der Waals surface area contributed by atoms with E-state index in [2.05, 4.69) is 44.3 Å². The SMILES string of the molecule is CN1CCC(c2ccc(Nc3ncc4cc(N(C)c5ccccc5)c(=O)n(Cc5cnccc5S(=O)c5nccs5)c4n3)cc2)C1. The zero-order valence-electron chi connectivity index (χ0n) is 25.4. The van der Waals surface area contributed by atoms with E-state index in [0.29, 0.717) is 43.4 Å². The second kappa shape index (κ2) is 12.9. The molecule has 1 aliphatic rings. The number of fused-ring (bicyclic) bond motifs is 1. The molecule has 1 saturated heterocycles. The Morgan fingerprint density at radius 3 is 2.61 bits per heavy atom. The van der Waals surface area contributed by atoms with Crippen LogP contribution in [0.15, 0.2) is 111 Å². The van der Waals surface area contributed by atoms with Gasteiger partial charge in [-0.15, -0.1) is 11.3 Å². The van der Waals surface area contributed by atoms with Crippen LogP contribution in [0.4, 0.5) is 23.0 Å². The fraction of sp³-hybridized carbons (Fsp3) is 0.206. The normalized spacial score (nSPS) is 15.7. The van der Waals surface area contributed by atoms with Gasteiger partial charge in [0, 0.05) is 66.1 Å².